The van der Waals surface area contributed by atoms with Crippen molar-refractivity contribution in [3.05, 3.63) is 42.5 Å². The lowest BCUT2D eigenvalue weighted by molar-refractivity contribution is -0.116. The minimum atomic E-state index is -0.870. The highest BCUT2D eigenvalue weighted by molar-refractivity contribution is 7.84. The highest BCUT2D eigenvalue weighted by Gasteiger charge is 2.04. The predicted molar refractivity (Wildman–Crippen MR) is 94.3 cm³/mol. The van der Waals surface area contributed by atoms with Gasteiger partial charge in [-0.05, 0) is 23.8 Å². The van der Waals surface area contributed by atoms with Crippen LogP contribution in [0.3, 0.4) is 0 Å². The molecule has 1 rings (SSSR count). The van der Waals surface area contributed by atoms with Crippen LogP contribution in [-0.2, 0) is 15.6 Å². The van der Waals surface area contributed by atoms with Crippen molar-refractivity contribution in [1.29, 1.82) is 0 Å². The molecule has 0 spiro atoms. The number of benzene rings is 1. The number of carbonyl (C=O) groups is 1. The second-order valence-electron chi connectivity index (χ2n) is 4.57. The summed E-state index contributed by atoms with van der Waals surface area (Å²) in [5.41, 5.74) is 0.820. The predicted octanol–water partition coefficient (Wildman–Crippen LogP) is 2.16. The Kier molecular flexibility index (Phi) is 8.75. The molecular weight excluding hydrogens is 314 g/mol. The Balaban J connectivity index is 2.60. The molecule has 126 valence electrons. The van der Waals surface area contributed by atoms with Crippen LogP contribution in [0.25, 0.3) is 6.08 Å². The monoisotopic (exact) mass is 337 g/mol. The van der Waals surface area contributed by atoms with Crippen molar-refractivity contribution in [3.63, 3.8) is 0 Å². The normalized spacial score (nSPS) is 11.9. The number of carbonyl (C=O) groups excluding carboxylic acids is 1. The van der Waals surface area contributed by atoms with E-state index in [1.165, 1.54) is 6.08 Å². The van der Waals surface area contributed by atoms with Crippen molar-refractivity contribution in [3.8, 4) is 11.5 Å². The van der Waals surface area contributed by atoms with E-state index in [0.717, 1.165) is 5.56 Å². The molecule has 0 bridgehead atoms. The van der Waals surface area contributed by atoms with Crippen molar-refractivity contribution >= 4 is 22.8 Å². The third kappa shape index (κ3) is 7.15. The van der Waals surface area contributed by atoms with Gasteiger partial charge in [0.25, 0.3) is 0 Å². The Morgan fingerprint density at radius 2 is 2.17 bits per heavy atom. The van der Waals surface area contributed by atoms with Gasteiger partial charge in [0.15, 0.2) is 11.5 Å². The van der Waals surface area contributed by atoms with Gasteiger partial charge in [-0.15, -0.1) is 0 Å². The zero-order valence-electron chi connectivity index (χ0n) is 13.5. The topological polar surface area (TPSA) is 64.6 Å². The quantitative estimate of drug-likeness (QED) is 0.525. The molecule has 0 aromatic heterocycles. The molecule has 0 unspecified atom stereocenters. The van der Waals surface area contributed by atoms with Gasteiger partial charge in [0, 0.05) is 34.9 Å². The van der Waals surface area contributed by atoms with E-state index in [4.69, 9.17) is 9.47 Å². The molecule has 1 atom stereocenters. The molecule has 0 aliphatic carbocycles. The summed E-state index contributed by atoms with van der Waals surface area (Å²) >= 11 is 0. The smallest absolute Gasteiger partial charge is 0.244 e. The minimum Gasteiger partial charge on any atom is -0.493 e. The zero-order chi connectivity index (χ0) is 17.1. The molecule has 1 N–H and O–H groups in total. The average Bonchev–Trinajstić information content (AvgIpc) is 2.58. The fraction of sp³-hybridized carbons (Fsp3) is 0.353. The van der Waals surface area contributed by atoms with Gasteiger partial charge in [0.1, 0.15) is 6.61 Å². The lowest BCUT2D eigenvalue weighted by atomic mass is 10.2. The van der Waals surface area contributed by atoms with E-state index in [9.17, 15) is 9.00 Å². The summed E-state index contributed by atoms with van der Waals surface area (Å²) < 4.78 is 22.0. The van der Waals surface area contributed by atoms with Crippen LogP contribution < -0.4 is 14.8 Å². The number of rotatable bonds is 10. The molecule has 1 aromatic carbocycles. The minimum absolute atomic E-state index is 0.218. The van der Waals surface area contributed by atoms with Gasteiger partial charge in [0.2, 0.25) is 5.91 Å². The van der Waals surface area contributed by atoms with Gasteiger partial charge in [-0.25, -0.2) is 0 Å². The number of hydrogen-bond donors (Lipinski definition) is 1. The molecule has 0 aliphatic heterocycles. The maximum absolute atomic E-state index is 11.7. The molecular formula is C17H23NO4S. The van der Waals surface area contributed by atoms with E-state index in [0.29, 0.717) is 36.2 Å². The van der Waals surface area contributed by atoms with Crippen molar-refractivity contribution in [2.45, 2.75) is 6.92 Å². The first kappa shape index (κ1) is 19.0. The molecule has 5 nitrogen and oxygen atoms in total. The summed E-state index contributed by atoms with van der Waals surface area (Å²) in [6.07, 6.45) is 4.78. The molecule has 1 amide bonds. The first-order valence-electron chi connectivity index (χ1n) is 7.33. The lowest BCUT2D eigenvalue weighted by Gasteiger charge is -2.09. The Hall–Kier alpha value is -2.08. The summed E-state index contributed by atoms with van der Waals surface area (Å²) in [7, 11) is 0.690. The van der Waals surface area contributed by atoms with E-state index < -0.39 is 10.8 Å². The second-order valence-corrected chi connectivity index (χ2v) is 6.43. The van der Waals surface area contributed by atoms with Crippen molar-refractivity contribution in [2.75, 3.05) is 31.8 Å². The maximum Gasteiger partial charge on any atom is 0.244 e. The van der Waals surface area contributed by atoms with Crippen LogP contribution in [0.1, 0.15) is 12.5 Å². The molecule has 0 fully saturated rings. The summed E-state index contributed by atoms with van der Waals surface area (Å²) in [6, 6.07) is 5.40. The number of methoxy groups -OCH3 is 1. The van der Waals surface area contributed by atoms with Crippen molar-refractivity contribution in [2.24, 2.45) is 0 Å². The first-order valence-corrected chi connectivity index (χ1v) is 8.82. The lowest BCUT2D eigenvalue weighted by Crippen LogP contribution is -2.26. The standard InChI is InChI=1S/C17H23NO4S/c1-4-11-22-15-8-6-14(13-16(15)21-3)7-9-17(19)18-10-12-23(20)5-2/h4,6-9,13H,1,5,10-12H2,2-3H3,(H,18,19)/b9-7+/t23-/m0/s1. The highest BCUT2D eigenvalue weighted by Crippen LogP contribution is 2.28. The molecule has 6 heteroatoms. The highest BCUT2D eigenvalue weighted by atomic mass is 32.2. The molecule has 0 radical (unpaired) electrons. The maximum atomic E-state index is 11.7. The van der Waals surface area contributed by atoms with Gasteiger partial charge in [0.05, 0.1) is 7.11 Å². The van der Waals surface area contributed by atoms with Gasteiger partial charge in [-0.3, -0.25) is 9.00 Å². The Morgan fingerprint density at radius 3 is 2.83 bits per heavy atom. The van der Waals surface area contributed by atoms with Crippen LogP contribution >= 0.6 is 0 Å². The van der Waals surface area contributed by atoms with E-state index in [-0.39, 0.29) is 5.91 Å². The van der Waals surface area contributed by atoms with Crippen LogP contribution in [0.4, 0.5) is 0 Å². The first-order chi connectivity index (χ1) is 11.1. The van der Waals surface area contributed by atoms with Crippen LogP contribution in [0.15, 0.2) is 36.9 Å². The van der Waals surface area contributed by atoms with Gasteiger partial charge < -0.3 is 14.8 Å². The van der Waals surface area contributed by atoms with E-state index >= 15 is 0 Å². The van der Waals surface area contributed by atoms with Gasteiger partial charge in [-0.2, -0.15) is 0 Å². The van der Waals surface area contributed by atoms with Gasteiger partial charge >= 0.3 is 0 Å². The van der Waals surface area contributed by atoms with Gasteiger partial charge in [-0.1, -0.05) is 25.6 Å². The van der Waals surface area contributed by atoms with E-state index in [1.807, 2.05) is 13.0 Å². The Morgan fingerprint density at radius 1 is 1.39 bits per heavy atom. The SMILES string of the molecule is C=CCOc1ccc(/C=C/C(=O)NCC[S@@](=O)CC)cc1OC. The summed E-state index contributed by atoms with van der Waals surface area (Å²) in [5.74, 6) is 2.07. The third-order valence-corrected chi connectivity index (χ3v) is 4.23. The van der Waals surface area contributed by atoms with Crippen LogP contribution in [0.5, 0.6) is 11.5 Å². The number of nitrogens with one attached hydrogen (secondary N) is 1. The molecule has 23 heavy (non-hydrogen) atoms. The molecule has 0 saturated carbocycles. The zero-order valence-corrected chi connectivity index (χ0v) is 14.4. The number of ether oxygens (including phenoxy) is 2. The van der Waals surface area contributed by atoms with Crippen LogP contribution in [0, 0.1) is 0 Å². The van der Waals surface area contributed by atoms with Crippen LogP contribution in [0.2, 0.25) is 0 Å². The van der Waals surface area contributed by atoms with Crippen LogP contribution in [-0.4, -0.2) is 41.9 Å². The Labute approximate surface area is 139 Å². The summed E-state index contributed by atoms with van der Waals surface area (Å²) in [4.78, 5) is 11.7. The summed E-state index contributed by atoms with van der Waals surface area (Å²) in [6.45, 7) is 6.25. The largest absolute Gasteiger partial charge is 0.493 e. The third-order valence-electron chi connectivity index (χ3n) is 2.92. The fourth-order valence-corrected chi connectivity index (χ4v) is 2.34. The molecule has 0 aliphatic rings. The Bertz CT molecular complexity index is 584. The molecule has 1 aromatic rings. The summed E-state index contributed by atoms with van der Waals surface area (Å²) in [5, 5.41) is 2.70. The molecule has 0 saturated heterocycles. The average molecular weight is 337 g/mol. The van der Waals surface area contributed by atoms with Crippen molar-refractivity contribution in [1.82, 2.24) is 5.32 Å². The molecule has 0 heterocycles. The number of hydrogen-bond acceptors (Lipinski definition) is 4. The van der Waals surface area contributed by atoms with E-state index in [2.05, 4.69) is 11.9 Å². The second kappa shape index (κ2) is 10.6. The van der Waals surface area contributed by atoms with E-state index in [1.54, 1.807) is 31.4 Å². The fourth-order valence-electron chi connectivity index (χ4n) is 1.72. The number of amides is 1. The van der Waals surface area contributed by atoms with Crippen molar-refractivity contribution < 1.29 is 18.5 Å².